The molecule has 0 rings (SSSR count). The van der Waals surface area contributed by atoms with Gasteiger partial charge >= 0.3 is 11.9 Å². The molecule has 0 saturated heterocycles. The van der Waals surface area contributed by atoms with Crippen LogP contribution in [0.15, 0.2) is 5.57 Å². The second kappa shape index (κ2) is 3.82. The Morgan fingerprint density at radius 2 is 1.91 bits per heavy atom. The maximum absolute atomic E-state index is 10.2. The lowest BCUT2D eigenvalue weighted by molar-refractivity contribution is -0.140. The number of aliphatic carboxylic acids is 2. The van der Waals surface area contributed by atoms with Crippen molar-refractivity contribution in [3.05, 3.63) is 5.57 Å². The fraction of sp³-hybridized carbons (Fsp3) is 0.200. The van der Waals surface area contributed by atoms with Crippen LogP contribution < -0.4 is 5.73 Å². The maximum atomic E-state index is 10.2. The van der Waals surface area contributed by atoms with Crippen LogP contribution in [-0.2, 0) is 9.59 Å². The van der Waals surface area contributed by atoms with Gasteiger partial charge < -0.3 is 15.9 Å². The van der Waals surface area contributed by atoms with Crippen molar-refractivity contribution in [3.63, 3.8) is 0 Å². The highest BCUT2D eigenvalue weighted by atomic mass is 32.1. The van der Waals surface area contributed by atoms with Gasteiger partial charge in [0.1, 0.15) is 11.6 Å². The summed E-state index contributed by atoms with van der Waals surface area (Å²) in [6, 6.07) is -1.61. The van der Waals surface area contributed by atoms with E-state index >= 15 is 0 Å². The van der Waals surface area contributed by atoms with E-state index in [-0.39, 0.29) is 0 Å². The topological polar surface area (TPSA) is 101 Å². The minimum absolute atomic E-state index is 0.618. The quantitative estimate of drug-likeness (QED) is 0.376. The Hall–Kier alpha value is -1.23. The molecule has 1 atom stereocenters. The van der Waals surface area contributed by atoms with Gasteiger partial charge in [-0.15, -0.1) is 0 Å². The van der Waals surface area contributed by atoms with Gasteiger partial charge in [0.15, 0.2) is 0 Å². The van der Waals surface area contributed by atoms with Crippen LogP contribution in [0.3, 0.4) is 0 Å². The van der Waals surface area contributed by atoms with E-state index in [0.29, 0.717) is 0 Å². The molecule has 0 unspecified atom stereocenters. The molecular weight excluding hydrogens is 170 g/mol. The van der Waals surface area contributed by atoms with E-state index in [1.165, 1.54) is 0 Å². The van der Waals surface area contributed by atoms with E-state index in [2.05, 4.69) is 12.2 Å². The van der Waals surface area contributed by atoms with Crippen molar-refractivity contribution in [3.8, 4) is 0 Å². The Kier molecular flexibility index (Phi) is 3.39. The van der Waals surface area contributed by atoms with Crippen LogP contribution in [0.5, 0.6) is 0 Å². The molecule has 0 heterocycles. The number of hydrogen-bond donors (Lipinski definition) is 3. The van der Waals surface area contributed by atoms with Crippen LogP contribution in [0.1, 0.15) is 0 Å². The molecule has 6 heteroatoms. The van der Waals surface area contributed by atoms with E-state index < -0.39 is 23.6 Å². The highest BCUT2D eigenvalue weighted by molar-refractivity contribution is 7.78. The predicted octanol–water partition coefficient (Wildman–Crippen LogP) is -0.992. The minimum atomic E-state index is -1.61. The zero-order valence-corrected chi connectivity index (χ0v) is 6.09. The van der Waals surface area contributed by atoms with Crippen molar-refractivity contribution >= 4 is 29.2 Å². The molecule has 0 aromatic heterocycles. The Bertz CT molecular complexity index is 243. The number of thiocarbonyl (C=S) groups is 1. The molecule has 0 saturated carbocycles. The summed E-state index contributed by atoms with van der Waals surface area (Å²) in [5.74, 6) is -2.91. The summed E-state index contributed by atoms with van der Waals surface area (Å²) in [5, 5.41) is 18.3. The third-order valence-corrected chi connectivity index (χ3v) is 1.14. The molecule has 0 radical (unpaired) electrons. The Labute approximate surface area is 67.1 Å². The van der Waals surface area contributed by atoms with Gasteiger partial charge in [0, 0.05) is 0 Å². The number of hydrogen-bond acceptors (Lipinski definition) is 4. The van der Waals surface area contributed by atoms with Crippen LogP contribution in [-0.4, -0.2) is 33.2 Å². The van der Waals surface area contributed by atoms with Gasteiger partial charge in [0.2, 0.25) is 0 Å². The van der Waals surface area contributed by atoms with Gasteiger partial charge in [-0.25, -0.2) is 4.79 Å². The second-order valence-corrected chi connectivity index (χ2v) is 1.84. The Morgan fingerprint density at radius 1 is 1.45 bits per heavy atom. The van der Waals surface area contributed by atoms with Gasteiger partial charge in [-0.2, -0.15) is 0 Å². The molecule has 0 bridgehead atoms. The lowest BCUT2D eigenvalue weighted by atomic mass is 10.1. The molecule has 11 heavy (non-hydrogen) atoms. The number of carboxylic acids is 2. The number of carboxylic acid groups (broad SMARTS) is 2. The fourth-order valence-corrected chi connectivity index (χ4v) is 0.578. The summed E-state index contributed by atoms with van der Waals surface area (Å²) in [6.07, 6.45) is 0. The van der Waals surface area contributed by atoms with Gasteiger partial charge in [0.05, 0.1) is 0 Å². The average molecular weight is 175 g/mol. The van der Waals surface area contributed by atoms with Crippen molar-refractivity contribution < 1.29 is 19.8 Å². The molecule has 0 amide bonds. The molecule has 0 aliphatic rings. The number of carbonyl (C=O) groups is 2. The molecule has 5 nitrogen and oxygen atoms in total. The molecule has 0 aliphatic carbocycles. The van der Waals surface area contributed by atoms with Gasteiger partial charge in [0.25, 0.3) is 0 Å². The smallest absolute Gasteiger partial charge is 0.342 e. The van der Waals surface area contributed by atoms with Crippen LogP contribution in [0, 0.1) is 0 Å². The lowest BCUT2D eigenvalue weighted by Gasteiger charge is -2.02. The standard InChI is InChI=1S/C5H5NO4S/c6-3(5(9)10)2(1-11)4(7)8/h3H,6H2,(H,7,8)(H,9,10)/t3-/m0/s1. The van der Waals surface area contributed by atoms with E-state index in [4.69, 9.17) is 15.9 Å². The first-order valence-corrected chi connectivity index (χ1v) is 2.88. The monoisotopic (exact) mass is 175 g/mol. The number of nitrogens with two attached hydrogens (primary N) is 1. The van der Waals surface area contributed by atoms with Gasteiger partial charge in [-0.3, -0.25) is 4.79 Å². The summed E-state index contributed by atoms with van der Waals surface area (Å²) in [5.41, 5.74) is 4.31. The van der Waals surface area contributed by atoms with Crippen LogP contribution >= 0.6 is 12.2 Å². The summed E-state index contributed by atoms with van der Waals surface area (Å²) in [7, 11) is 0. The summed E-state index contributed by atoms with van der Waals surface area (Å²) in [4.78, 5) is 20.3. The highest BCUT2D eigenvalue weighted by Gasteiger charge is 2.22. The van der Waals surface area contributed by atoms with Gasteiger partial charge in [-0.05, 0) is 17.2 Å². The van der Waals surface area contributed by atoms with Crippen LogP contribution in [0.25, 0.3) is 0 Å². The van der Waals surface area contributed by atoms with Crippen molar-refractivity contribution in [2.75, 3.05) is 0 Å². The molecular formula is C5H5NO4S. The van der Waals surface area contributed by atoms with E-state index in [0.717, 1.165) is 0 Å². The molecule has 0 aliphatic heterocycles. The van der Waals surface area contributed by atoms with Crippen molar-refractivity contribution in [1.29, 1.82) is 0 Å². The zero-order chi connectivity index (χ0) is 9.02. The van der Waals surface area contributed by atoms with Crippen LogP contribution in [0.4, 0.5) is 0 Å². The lowest BCUT2D eigenvalue weighted by Crippen LogP contribution is -2.35. The van der Waals surface area contributed by atoms with Crippen molar-refractivity contribution in [2.24, 2.45) is 5.73 Å². The van der Waals surface area contributed by atoms with Crippen LogP contribution in [0.2, 0.25) is 0 Å². The first-order valence-electron chi connectivity index (χ1n) is 2.47. The zero-order valence-electron chi connectivity index (χ0n) is 5.27. The molecule has 4 N–H and O–H groups in total. The molecule has 60 valence electrons. The fourth-order valence-electron chi connectivity index (χ4n) is 0.364. The summed E-state index contributed by atoms with van der Waals surface area (Å²) >= 11 is 4.13. The highest BCUT2D eigenvalue weighted by Crippen LogP contribution is 1.95. The largest absolute Gasteiger partial charge is 0.480 e. The summed E-state index contributed by atoms with van der Waals surface area (Å²) < 4.78 is 0. The van der Waals surface area contributed by atoms with E-state index in [9.17, 15) is 9.59 Å². The third kappa shape index (κ3) is 2.46. The normalized spacial score (nSPS) is 11.4. The van der Waals surface area contributed by atoms with Crippen molar-refractivity contribution in [1.82, 2.24) is 0 Å². The van der Waals surface area contributed by atoms with E-state index in [1.807, 2.05) is 0 Å². The second-order valence-electron chi connectivity index (χ2n) is 1.64. The van der Waals surface area contributed by atoms with Crippen molar-refractivity contribution in [2.45, 2.75) is 6.04 Å². The maximum Gasteiger partial charge on any atom is 0.342 e. The third-order valence-electron chi connectivity index (χ3n) is 0.917. The SMILES string of the molecule is N[C@H](C(=O)O)C(=C=S)C(=O)O. The Balaban J connectivity index is 4.68. The summed E-state index contributed by atoms with van der Waals surface area (Å²) in [6.45, 7) is 0. The first kappa shape index (κ1) is 9.77. The minimum Gasteiger partial charge on any atom is -0.480 e. The van der Waals surface area contributed by atoms with Gasteiger partial charge in [-0.1, -0.05) is 0 Å². The predicted molar refractivity (Wildman–Crippen MR) is 39.4 cm³/mol. The number of rotatable bonds is 3. The Morgan fingerprint density at radius 3 is 2.00 bits per heavy atom. The molecule has 0 spiro atoms. The average Bonchev–Trinajstić information content (AvgIpc) is 1.88. The molecule has 0 aromatic rings. The molecule has 0 fully saturated rings. The molecule has 0 aromatic carbocycles. The first-order chi connectivity index (χ1) is 5.00. The van der Waals surface area contributed by atoms with E-state index in [1.54, 1.807) is 5.02 Å².